The average molecular weight is 266 g/mol. The molecule has 104 valence electrons. The Balaban J connectivity index is 1.95. The maximum atomic E-state index is 12.0. The van der Waals surface area contributed by atoms with E-state index < -0.39 is 12.0 Å². The minimum absolute atomic E-state index is 0.145. The molecule has 0 radical (unpaired) electrons. The largest absolute Gasteiger partial charge is 0.476 e. The molecule has 1 aromatic heterocycles. The van der Waals surface area contributed by atoms with Gasteiger partial charge in [0, 0.05) is 6.04 Å². The van der Waals surface area contributed by atoms with E-state index >= 15 is 0 Å². The number of aromatic nitrogens is 3. The third-order valence-electron chi connectivity index (χ3n) is 3.46. The zero-order chi connectivity index (χ0) is 13.8. The second kappa shape index (κ2) is 5.81. The summed E-state index contributed by atoms with van der Waals surface area (Å²) in [5, 5.41) is 18.9. The molecule has 1 amide bonds. The Morgan fingerprint density at radius 2 is 2.11 bits per heavy atom. The van der Waals surface area contributed by atoms with Crippen LogP contribution in [-0.2, 0) is 4.79 Å². The zero-order valence-electron chi connectivity index (χ0n) is 10.9. The van der Waals surface area contributed by atoms with Crippen LogP contribution < -0.4 is 5.32 Å². The van der Waals surface area contributed by atoms with Crippen LogP contribution in [0, 0.1) is 0 Å². The Morgan fingerprint density at radius 1 is 1.42 bits per heavy atom. The number of hydrogen-bond donors (Lipinski definition) is 2. The highest BCUT2D eigenvalue weighted by atomic mass is 16.4. The van der Waals surface area contributed by atoms with Gasteiger partial charge in [-0.15, -0.1) is 5.10 Å². The molecule has 1 unspecified atom stereocenters. The van der Waals surface area contributed by atoms with Gasteiger partial charge in [0.25, 0.3) is 0 Å². The van der Waals surface area contributed by atoms with E-state index in [1.54, 1.807) is 6.92 Å². The first-order chi connectivity index (χ1) is 9.08. The molecular formula is C12H18N4O3. The third-order valence-corrected chi connectivity index (χ3v) is 3.46. The predicted molar refractivity (Wildman–Crippen MR) is 66.7 cm³/mol. The highest BCUT2D eigenvalue weighted by molar-refractivity contribution is 5.85. The SMILES string of the molecule is CC(C(=O)NC1CCCCC1)n1cc(C(=O)O)nn1. The van der Waals surface area contributed by atoms with Gasteiger partial charge in [0.05, 0.1) is 6.20 Å². The first kappa shape index (κ1) is 13.5. The molecule has 1 aliphatic carbocycles. The minimum Gasteiger partial charge on any atom is -0.476 e. The van der Waals surface area contributed by atoms with Gasteiger partial charge in [0.1, 0.15) is 6.04 Å². The lowest BCUT2D eigenvalue weighted by atomic mass is 9.95. The summed E-state index contributed by atoms with van der Waals surface area (Å²) < 4.78 is 1.28. The van der Waals surface area contributed by atoms with Crippen LogP contribution >= 0.6 is 0 Å². The van der Waals surface area contributed by atoms with Crippen molar-refractivity contribution >= 4 is 11.9 Å². The molecule has 19 heavy (non-hydrogen) atoms. The molecule has 0 aromatic carbocycles. The highest BCUT2D eigenvalue weighted by Gasteiger charge is 2.22. The molecule has 1 saturated carbocycles. The van der Waals surface area contributed by atoms with Crippen LogP contribution in [0.25, 0.3) is 0 Å². The van der Waals surface area contributed by atoms with Crippen LogP contribution in [0.4, 0.5) is 0 Å². The van der Waals surface area contributed by atoms with Gasteiger partial charge in [-0.3, -0.25) is 4.79 Å². The maximum Gasteiger partial charge on any atom is 0.358 e. The van der Waals surface area contributed by atoms with Crippen LogP contribution in [0.2, 0.25) is 0 Å². The van der Waals surface area contributed by atoms with E-state index in [9.17, 15) is 9.59 Å². The average Bonchev–Trinajstić information content (AvgIpc) is 2.88. The van der Waals surface area contributed by atoms with Gasteiger partial charge < -0.3 is 10.4 Å². The molecule has 1 atom stereocenters. The van der Waals surface area contributed by atoms with E-state index in [2.05, 4.69) is 15.6 Å². The highest BCUT2D eigenvalue weighted by Crippen LogP contribution is 2.18. The number of amides is 1. The lowest BCUT2D eigenvalue weighted by molar-refractivity contribution is -0.125. The molecule has 1 heterocycles. The van der Waals surface area contributed by atoms with E-state index in [0.717, 1.165) is 25.7 Å². The fourth-order valence-corrected chi connectivity index (χ4v) is 2.25. The van der Waals surface area contributed by atoms with Gasteiger partial charge in [0.2, 0.25) is 5.91 Å². The maximum absolute atomic E-state index is 12.0. The van der Waals surface area contributed by atoms with Crippen molar-refractivity contribution in [2.45, 2.75) is 51.1 Å². The molecule has 0 aliphatic heterocycles. The predicted octanol–water partition coefficient (Wildman–Crippen LogP) is 0.986. The van der Waals surface area contributed by atoms with Crippen LogP contribution in [0.15, 0.2) is 6.20 Å². The summed E-state index contributed by atoms with van der Waals surface area (Å²) in [4.78, 5) is 22.8. The number of nitrogens with one attached hydrogen (secondary N) is 1. The Bertz CT molecular complexity index is 465. The molecule has 1 fully saturated rings. The minimum atomic E-state index is -1.15. The van der Waals surface area contributed by atoms with Crippen molar-refractivity contribution in [3.8, 4) is 0 Å². The van der Waals surface area contributed by atoms with Gasteiger partial charge in [-0.1, -0.05) is 24.5 Å². The molecular weight excluding hydrogens is 248 g/mol. The standard InChI is InChI=1S/C12H18N4O3/c1-8(16-7-10(12(18)19)14-15-16)11(17)13-9-5-3-2-4-6-9/h7-9H,2-6H2,1H3,(H,13,17)(H,18,19). The van der Waals surface area contributed by atoms with E-state index in [4.69, 9.17) is 5.11 Å². The second-order valence-electron chi connectivity index (χ2n) is 4.91. The summed E-state index contributed by atoms with van der Waals surface area (Å²) in [6.45, 7) is 1.68. The number of carboxylic acids is 1. The van der Waals surface area contributed by atoms with E-state index in [1.165, 1.54) is 17.3 Å². The second-order valence-corrected chi connectivity index (χ2v) is 4.91. The van der Waals surface area contributed by atoms with Crippen molar-refractivity contribution < 1.29 is 14.7 Å². The fraction of sp³-hybridized carbons (Fsp3) is 0.667. The summed E-state index contributed by atoms with van der Waals surface area (Å²) in [5.74, 6) is -1.29. The van der Waals surface area contributed by atoms with Gasteiger partial charge in [0.15, 0.2) is 5.69 Å². The molecule has 7 heteroatoms. The number of rotatable bonds is 4. The van der Waals surface area contributed by atoms with Crippen LogP contribution in [-0.4, -0.2) is 38.0 Å². The summed E-state index contributed by atoms with van der Waals surface area (Å²) in [5.41, 5.74) is -0.155. The topological polar surface area (TPSA) is 97.1 Å². The first-order valence-corrected chi connectivity index (χ1v) is 6.53. The normalized spacial score (nSPS) is 17.9. The summed E-state index contributed by atoms with van der Waals surface area (Å²) in [7, 11) is 0. The van der Waals surface area contributed by atoms with Crippen LogP contribution in [0.1, 0.15) is 55.6 Å². The van der Waals surface area contributed by atoms with Crippen molar-refractivity contribution in [1.29, 1.82) is 0 Å². The molecule has 1 aliphatic rings. The number of carboxylic acid groups (broad SMARTS) is 1. The Labute approximate surface area is 111 Å². The van der Waals surface area contributed by atoms with Crippen molar-refractivity contribution in [3.63, 3.8) is 0 Å². The van der Waals surface area contributed by atoms with Crippen molar-refractivity contribution in [3.05, 3.63) is 11.9 Å². The summed E-state index contributed by atoms with van der Waals surface area (Å²) in [6.07, 6.45) is 6.81. The van der Waals surface area contributed by atoms with Crippen molar-refractivity contribution in [1.82, 2.24) is 20.3 Å². The third kappa shape index (κ3) is 3.30. The molecule has 2 N–H and O–H groups in total. The number of carbonyl (C=O) groups is 2. The molecule has 0 bridgehead atoms. The van der Waals surface area contributed by atoms with Gasteiger partial charge in [-0.05, 0) is 19.8 Å². The zero-order valence-corrected chi connectivity index (χ0v) is 10.9. The van der Waals surface area contributed by atoms with Crippen LogP contribution in [0.3, 0.4) is 0 Å². The molecule has 0 spiro atoms. The molecule has 2 rings (SSSR count). The van der Waals surface area contributed by atoms with Gasteiger partial charge in [-0.25, -0.2) is 9.48 Å². The van der Waals surface area contributed by atoms with Crippen molar-refractivity contribution in [2.24, 2.45) is 0 Å². The van der Waals surface area contributed by atoms with E-state index in [-0.39, 0.29) is 17.6 Å². The lowest BCUT2D eigenvalue weighted by Crippen LogP contribution is -2.40. The van der Waals surface area contributed by atoms with E-state index in [0.29, 0.717) is 0 Å². The number of aromatic carboxylic acids is 1. The number of hydrogen-bond acceptors (Lipinski definition) is 4. The Hall–Kier alpha value is -1.92. The quantitative estimate of drug-likeness (QED) is 0.846. The Kier molecular flexibility index (Phi) is 4.13. The monoisotopic (exact) mass is 266 g/mol. The summed E-state index contributed by atoms with van der Waals surface area (Å²) in [6, 6.07) is -0.325. The van der Waals surface area contributed by atoms with Crippen LogP contribution in [0.5, 0.6) is 0 Å². The number of nitrogens with zero attached hydrogens (tertiary/aromatic N) is 3. The van der Waals surface area contributed by atoms with E-state index in [1.807, 2.05) is 0 Å². The first-order valence-electron chi connectivity index (χ1n) is 6.53. The molecule has 7 nitrogen and oxygen atoms in total. The Morgan fingerprint density at radius 3 is 2.68 bits per heavy atom. The number of carbonyl (C=O) groups excluding carboxylic acids is 1. The van der Waals surface area contributed by atoms with Gasteiger partial charge >= 0.3 is 5.97 Å². The summed E-state index contributed by atoms with van der Waals surface area (Å²) >= 11 is 0. The smallest absolute Gasteiger partial charge is 0.358 e. The fourth-order valence-electron chi connectivity index (χ4n) is 2.25. The van der Waals surface area contributed by atoms with Crippen molar-refractivity contribution in [2.75, 3.05) is 0 Å². The molecule has 1 aromatic rings. The lowest BCUT2D eigenvalue weighted by Gasteiger charge is -2.24. The van der Waals surface area contributed by atoms with Gasteiger partial charge in [-0.2, -0.15) is 0 Å². The molecule has 0 saturated heterocycles.